The van der Waals surface area contributed by atoms with Crippen molar-refractivity contribution in [1.82, 2.24) is 4.90 Å². The molecule has 0 aromatic carbocycles. The quantitative estimate of drug-likeness (QED) is 0.592. The van der Waals surface area contributed by atoms with Gasteiger partial charge in [0.1, 0.15) is 0 Å². The molecule has 1 nitrogen and oxygen atoms in total. The minimum absolute atomic E-state index is 0.934. The van der Waals surface area contributed by atoms with Gasteiger partial charge in [0.2, 0.25) is 0 Å². The predicted octanol–water partition coefficient (Wildman–Crippen LogP) is 2.52. The molecule has 1 atom stereocenters. The largest absolute Gasteiger partial charge is 0.303 e. The van der Waals surface area contributed by atoms with Crippen molar-refractivity contribution in [3.8, 4) is 0 Å². The van der Waals surface area contributed by atoms with E-state index >= 15 is 0 Å². The number of rotatable bonds is 2. The Hall–Kier alpha value is -0.0400. The van der Waals surface area contributed by atoms with Crippen molar-refractivity contribution in [3.05, 3.63) is 0 Å². The van der Waals surface area contributed by atoms with Crippen molar-refractivity contribution in [2.75, 3.05) is 19.6 Å². The Labute approximate surface area is 70.8 Å². The molecule has 1 heteroatoms. The molecule has 66 valence electrons. The molecule has 0 unspecified atom stereocenters. The first-order valence-electron chi connectivity index (χ1n) is 5.05. The third kappa shape index (κ3) is 3.24. The lowest BCUT2D eigenvalue weighted by atomic mass is 10.1. The Morgan fingerprint density at radius 1 is 1.36 bits per heavy atom. The fourth-order valence-electron chi connectivity index (χ4n) is 1.97. The van der Waals surface area contributed by atoms with Gasteiger partial charge in [0, 0.05) is 6.54 Å². The second kappa shape index (κ2) is 4.76. The summed E-state index contributed by atoms with van der Waals surface area (Å²) in [4.78, 5) is 2.62. The van der Waals surface area contributed by atoms with E-state index < -0.39 is 0 Å². The molecule has 1 rings (SSSR count). The second-order valence-corrected chi connectivity index (χ2v) is 3.90. The van der Waals surface area contributed by atoms with Gasteiger partial charge in [-0.25, -0.2) is 0 Å². The van der Waals surface area contributed by atoms with Crippen LogP contribution in [0.1, 0.15) is 39.5 Å². The van der Waals surface area contributed by atoms with Crippen molar-refractivity contribution in [1.29, 1.82) is 0 Å². The summed E-state index contributed by atoms with van der Waals surface area (Å²) in [5.74, 6) is 0.934. The average molecular weight is 155 g/mol. The van der Waals surface area contributed by atoms with Gasteiger partial charge >= 0.3 is 0 Å². The molecule has 1 aliphatic rings. The van der Waals surface area contributed by atoms with Crippen LogP contribution in [0.5, 0.6) is 0 Å². The van der Waals surface area contributed by atoms with E-state index in [4.69, 9.17) is 0 Å². The van der Waals surface area contributed by atoms with E-state index in [1.54, 1.807) is 0 Å². The highest BCUT2D eigenvalue weighted by atomic mass is 15.1. The third-order valence-electron chi connectivity index (χ3n) is 2.53. The molecule has 0 aromatic heterocycles. The molecule has 1 fully saturated rings. The number of likely N-dealkylation sites (tertiary alicyclic amines) is 1. The number of hydrogen-bond donors (Lipinski definition) is 0. The lowest BCUT2D eigenvalue weighted by molar-refractivity contribution is 0.257. The van der Waals surface area contributed by atoms with Gasteiger partial charge < -0.3 is 4.90 Å². The fraction of sp³-hybridized carbons (Fsp3) is 1.00. The first kappa shape index (κ1) is 9.05. The van der Waals surface area contributed by atoms with E-state index in [-0.39, 0.29) is 0 Å². The molecule has 11 heavy (non-hydrogen) atoms. The molecule has 1 aliphatic heterocycles. The summed E-state index contributed by atoms with van der Waals surface area (Å²) < 4.78 is 0. The molecule has 0 amide bonds. The Morgan fingerprint density at radius 3 is 2.91 bits per heavy atom. The van der Waals surface area contributed by atoms with Crippen LogP contribution in [0.2, 0.25) is 0 Å². The summed E-state index contributed by atoms with van der Waals surface area (Å²) in [5.41, 5.74) is 0. The molecule has 0 spiro atoms. The highest BCUT2D eigenvalue weighted by Gasteiger charge is 2.12. The Bertz CT molecular complexity index is 101. The normalized spacial score (nSPS) is 28.4. The zero-order valence-electron chi connectivity index (χ0n) is 7.97. The van der Waals surface area contributed by atoms with Crippen LogP contribution in [0.3, 0.4) is 0 Å². The van der Waals surface area contributed by atoms with E-state index in [9.17, 15) is 0 Å². The molecule has 0 saturated carbocycles. The maximum absolute atomic E-state index is 2.62. The molecule has 0 bridgehead atoms. The molecule has 0 radical (unpaired) electrons. The SMILES string of the molecule is CCCN1CCCC[C@@H](C)C1. The van der Waals surface area contributed by atoms with Crippen LogP contribution < -0.4 is 0 Å². The van der Waals surface area contributed by atoms with Crippen molar-refractivity contribution >= 4 is 0 Å². The van der Waals surface area contributed by atoms with E-state index in [2.05, 4.69) is 18.7 Å². The van der Waals surface area contributed by atoms with Gasteiger partial charge in [-0.2, -0.15) is 0 Å². The lowest BCUT2D eigenvalue weighted by Crippen LogP contribution is -2.28. The van der Waals surface area contributed by atoms with E-state index in [0.717, 1.165) is 5.92 Å². The standard InChI is InChI=1S/C10H21N/c1-3-7-11-8-5-4-6-10(2)9-11/h10H,3-9H2,1-2H3/t10-/m1/s1. The minimum atomic E-state index is 0.934. The maximum Gasteiger partial charge on any atom is 0.000702 e. The number of hydrogen-bond acceptors (Lipinski definition) is 1. The lowest BCUT2D eigenvalue weighted by Gasteiger charge is -2.21. The van der Waals surface area contributed by atoms with Gasteiger partial charge in [0.15, 0.2) is 0 Å². The van der Waals surface area contributed by atoms with Gasteiger partial charge in [0.05, 0.1) is 0 Å². The van der Waals surface area contributed by atoms with Gasteiger partial charge in [-0.15, -0.1) is 0 Å². The summed E-state index contributed by atoms with van der Waals surface area (Å²) in [7, 11) is 0. The molecule has 1 saturated heterocycles. The smallest absolute Gasteiger partial charge is 0.000702 e. The second-order valence-electron chi connectivity index (χ2n) is 3.90. The minimum Gasteiger partial charge on any atom is -0.303 e. The van der Waals surface area contributed by atoms with Crippen LogP contribution in [0.4, 0.5) is 0 Å². The van der Waals surface area contributed by atoms with Gasteiger partial charge in [-0.05, 0) is 38.3 Å². The Balaban J connectivity index is 2.27. The van der Waals surface area contributed by atoms with Crippen molar-refractivity contribution < 1.29 is 0 Å². The summed E-state index contributed by atoms with van der Waals surface area (Å²) in [6.45, 7) is 8.65. The molecule has 0 aromatic rings. The van der Waals surface area contributed by atoms with E-state index in [1.165, 1.54) is 45.3 Å². The summed E-state index contributed by atoms with van der Waals surface area (Å²) >= 11 is 0. The fourth-order valence-corrected chi connectivity index (χ4v) is 1.97. The summed E-state index contributed by atoms with van der Waals surface area (Å²) in [6.07, 6.45) is 5.62. The summed E-state index contributed by atoms with van der Waals surface area (Å²) in [6, 6.07) is 0. The Kier molecular flexibility index (Phi) is 3.92. The van der Waals surface area contributed by atoms with Gasteiger partial charge in [-0.3, -0.25) is 0 Å². The van der Waals surface area contributed by atoms with Crippen molar-refractivity contribution in [2.45, 2.75) is 39.5 Å². The summed E-state index contributed by atoms with van der Waals surface area (Å²) in [5, 5.41) is 0. The average Bonchev–Trinajstić information content (AvgIpc) is 2.15. The number of nitrogens with zero attached hydrogens (tertiary/aromatic N) is 1. The zero-order valence-corrected chi connectivity index (χ0v) is 7.97. The molecule has 1 heterocycles. The maximum atomic E-state index is 2.62. The molecule has 0 aliphatic carbocycles. The molecule has 0 N–H and O–H groups in total. The first-order valence-corrected chi connectivity index (χ1v) is 5.05. The molecular weight excluding hydrogens is 134 g/mol. The van der Waals surface area contributed by atoms with Crippen LogP contribution in [0, 0.1) is 5.92 Å². The van der Waals surface area contributed by atoms with Crippen LogP contribution in [0.25, 0.3) is 0 Å². The topological polar surface area (TPSA) is 3.24 Å². The van der Waals surface area contributed by atoms with Crippen LogP contribution >= 0.6 is 0 Å². The van der Waals surface area contributed by atoms with E-state index in [0.29, 0.717) is 0 Å². The van der Waals surface area contributed by atoms with Crippen LogP contribution in [0.15, 0.2) is 0 Å². The van der Waals surface area contributed by atoms with Gasteiger partial charge in [-0.1, -0.05) is 20.3 Å². The monoisotopic (exact) mass is 155 g/mol. The van der Waals surface area contributed by atoms with Gasteiger partial charge in [0.25, 0.3) is 0 Å². The van der Waals surface area contributed by atoms with Crippen LogP contribution in [-0.2, 0) is 0 Å². The highest BCUT2D eigenvalue weighted by Crippen LogP contribution is 2.15. The predicted molar refractivity (Wildman–Crippen MR) is 49.7 cm³/mol. The van der Waals surface area contributed by atoms with E-state index in [1.807, 2.05) is 0 Å². The Morgan fingerprint density at radius 2 is 2.18 bits per heavy atom. The molecular formula is C10H21N. The highest BCUT2D eigenvalue weighted by molar-refractivity contribution is 4.67. The van der Waals surface area contributed by atoms with Crippen molar-refractivity contribution in [2.24, 2.45) is 5.92 Å². The third-order valence-corrected chi connectivity index (χ3v) is 2.53. The van der Waals surface area contributed by atoms with Crippen LogP contribution in [-0.4, -0.2) is 24.5 Å². The van der Waals surface area contributed by atoms with Crippen molar-refractivity contribution in [3.63, 3.8) is 0 Å². The first-order chi connectivity index (χ1) is 5.33. The zero-order chi connectivity index (χ0) is 8.10.